The van der Waals surface area contributed by atoms with E-state index in [1.165, 1.54) is 0 Å². The van der Waals surface area contributed by atoms with Gasteiger partial charge < -0.3 is 10.0 Å². The number of hydrogen-bond donors (Lipinski definition) is 2. The van der Waals surface area contributed by atoms with E-state index in [1.54, 1.807) is 23.2 Å². The predicted molar refractivity (Wildman–Crippen MR) is 99.4 cm³/mol. The van der Waals surface area contributed by atoms with Crippen LogP contribution in [-0.2, 0) is 4.79 Å². The third-order valence-corrected chi connectivity index (χ3v) is 5.90. The van der Waals surface area contributed by atoms with E-state index < -0.39 is 6.10 Å². The summed E-state index contributed by atoms with van der Waals surface area (Å²) in [5.74, 6) is 0.142. The highest BCUT2D eigenvalue weighted by atomic mass is 35.5. The molecule has 0 radical (unpaired) electrons. The number of H-pyrrole nitrogens is 1. The highest BCUT2D eigenvalue weighted by molar-refractivity contribution is 6.31. The van der Waals surface area contributed by atoms with Gasteiger partial charge in [0.1, 0.15) is 6.42 Å². The van der Waals surface area contributed by atoms with Crippen LogP contribution in [0.15, 0.2) is 18.3 Å². The van der Waals surface area contributed by atoms with E-state index in [9.17, 15) is 9.90 Å². The van der Waals surface area contributed by atoms with Gasteiger partial charge >= 0.3 is 0 Å². The van der Waals surface area contributed by atoms with E-state index in [4.69, 9.17) is 16.9 Å². The molecule has 2 aromatic rings. The van der Waals surface area contributed by atoms with E-state index in [-0.39, 0.29) is 23.7 Å². The number of nitrogens with one attached hydrogen (secondary N) is 1. The lowest BCUT2D eigenvalue weighted by Gasteiger charge is -2.43. The zero-order valence-electron chi connectivity index (χ0n) is 15.0. The largest absolute Gasteiger partial charge is 0.388 e. The second-order valence-electron chi connectivity index (χ2n) is 7.54. The van der Waals surface area contributed by atoms with Crippen molar-refractivity contribution in [1.29, 1.82) is 5.26 Å². The normalized spacial score (nSPS) is 17.3. The number of hydrogen-bond acceptors (Lipinski definition) is 4. The Hall–Kier alpha value is -2.10. The average Bonchev–Trinajstić information content (AvgIpc) is 3.09. The Morgan fingerprint density at radius 2 is 2.19 bits per heavy atom. The fraction of sp³-hybridized carbons (Fsp3) is 0.526. The average molecular weight is 375 g/mol. The molecular weight excluding hydrogens is 352 g/mol. The van der Waals surface area contributed by atoms with E-state index in [0.29, 0.717) is 18.1 Å². The van der Waals surface area contributed by atoms with Gasteiger partial charge in [-0.25, -0.2) is 0 Å². The number of benzene rings is 1. The standard InChI is InChI=1S/C19H23ClN4O2/c1-19(2,12-4-7-24(8-5-12)17(25)3-6-21)18(26)14-9-13(20)10-16-15(14)11-22-23-16/h9-12,18,26H,3-5,7-8H2,1-2H3,(H,22,23). The summed E-state index contributed by atoms with van der Waals surface area (Å²) in [6, 6.07) is 5.51. The third kappa shape index (κ3) is 3.42. The number of aromatic amines is 1. The maximum atomic E-state index is 11.9. The van der Waals surface area contributed by atoms with Crippen LogP contribution < -0.4 is 0 Å². The Kier molecular flexibility index (Phi) is 5.22. The molecule has 1 aliphatic rings. The molecule has 2 heterocycles. The van der Waals surface area contributed by atoms with Gasteiger partial charge in [-0.15, -0.1) is 0 Å². The Labute approximate surface area is 157 Å². The van der Waals surface area contributed by atoms with Crippen LogP contribution in [0.4, 0.5) is 0 Å². The Morgan fingerprint density at radius 3 is 2.85 bits per heavy atom. The Balaban J connectivity index is 1.79. The van der Waals surface area contributed by atoms with E-state index in [1.807, 2.05) is 6.07 Å². The number of rotatable bonds is 4. The number of likely N-dealkylation sites (tertiary alicyclic amines) is 1. The number of piperidine rings is 1. The number of halogens is 1. The molecule has 1 unspecified atom stereocenters. The predicted octanol–water partition coefficient (Wildman–Crippen LogP) is 3.43. The van der Waals surface area contributed by atoms with Gasteiger partial charge in [0, 0.05) is 23.5 Å². The van der Waals surface area contributed by atoms with Crippen molar-refractivity contribution in [2.24, 2.45) is 11.3 Å². The van der Waals surface area contributed by atoms with Crippen molar-refractivity contribution < 1.29 is 9.90 Å². The van der Waals surface area contributed by atoms with Crippen molar-refractivity contribution in [3.05, 3.63) is 28.9 Å². The minimum absolute atomic E-state index is 0.0718. The third-order valence-electron chi connectivity index (χ3n) is 5.68. The topological polar surface area (TPSA) is 93.0 Å². The number of fused-ring (bicyclic) bond motifs is 1. The quantitative estimate of drug-likeness (QED) is 0.857. The van der Waals surface area contributed by atoms with Gasteiger partial charge in [0.05, 0.1) is 23.9 Å². The van der Waals surface area contributed by atoms with Gasteiger partial charge in [-0.2, -0.15) is 10.4 Å². The maximum Gasteiger partial charge on any atom is 0.236 e. The first-order chi connectivity index (χ1) is 12.3. The van der Waals surface area contributed by atoms with E-state index in [2.05, 4.69) is 24.0 Å². The van der Waals surface area contributed by atoms with Crippen LogP contribution in [0.25, 0.3) is 10.9 Å². The zero-order chi connectivity index (χ0) is 18.9. The molecule has 1 aromatic carbocycles. The first kappa shape index (κ1) is 18.7. The summed E-state index contributed by atoms with van der Waals surface area (Å²) >= 11 is 6.21. The molecule has 26 heavy (non-hydrogen) atoms. The number of aliphatic hydroxyl groups excluding tert-OH is 1. The number of aliphatic hydroxyl groups is 1. The molecule has 0 aliphatic carbocycles. The maximum absolute atomic E-state index is 11.9. The molecular formula is C19H23ClN4O2. The van der Waals surface area contributed by atoms with Gasteiger partial charge in [0.25, 0.3) is 0 Å². The molecule has 3 rings (SSSR count). The number of carbonyl (C=O) groups excluding carboxylic acids is 1. The summed E-state index contributed by atoms with van der Waals surface area (Å²) in [5, 5.41) is 28.3. The van der Waals surface area contributed by atoms with Crippen LogP contribution >= 0.6 is 11.6 Å². The molecule has 2 N–H and O–H groups in total. The summed E-state index contributed by atoms with van der Waals surface area (Å²) < 4.78 is 0. The summed E-state index contributed by atoms with van der Waals surface area (Å²) in [6.45, 7) is 5.36. The minimum atomic E-state index is -0.701. The molecule has 138 valence electrons. The molecule has 6 nitrogen and oxygen atoms in total. The van der Waals surface area contributed by atoms with Crippen LogP contribution in [0.1, 0.15) is 44.8 Å². The molecule has 7 heteroatoms. The van der Waals surface area contributed by atoms with Gasteiger partial charge in [-0.05, 0) is 41.9 Å². The van der Waals surface area contributed by atoms with Crippen molar-refractivity contribution in [1.82, 2.24) is 15.1 Å². The zero-order valence-corrected chi connectivity index (χ0v) is 15.8. The molecule has 1 fully saturated rings. The van der Waals surface area contributed by atoms with Gasteiger partial charge in [0.15, 0.2) is 0 Å². The Bertz CT molecular complexity index is 847. The van der Waals surface area contributed by atoms with Crippen molar-refractivity contribution in [3.63, 3.8) is 0 Å². The molecule has 1 aliphatic heterocycles. The molecule has 0 saturated carbocycles. The number of amides is 1. The molecule has 1 amide bonds. The summed E-state index contributed by atoms with van der Waals surface area (Å²) in [5.41, 5.74) is 1.19. The van der Waals surface area contributed by atoms with Gasteiger partial charge in [-0.1, -0.05) is 25.4 Å². The van der Waals surface area contributed by atoms with Crippen molar-refractivity contribution >= 4 is 28.4 Å². The highest BCUT2D eigenvalue weighted by Gasteiger charge is 2.40. The van der Waals surface area contributed by atoms with Crippen LogP contribution in [0.3, 0.4) is 0 Å². The van der Waals surface area contributed by atoms with E-state index in [0.717, 1.165) is 29.3 Å². The first-order valence-electron chi connectivity index (χ1n) is 8.80. The number of carbonyl (C=O) groups is 1. The minimum Gasteiger partial charge on any atom is -0.388 e. The lowest BCUT2D eigenvalue weighted by Crippen LogP contribution is -2.43. The number of nitrogens with zero attached hydrogens (tertiary/aromatic N) is 3. The monoisotopic (exact) mass is 374 g/mol. The molecule has 1 aromatic heterocycles. The van der Waals surface area contributed by atoms with Gasteiger partial charge in [-0.3, -0.25) is 9.89 Å². The fourth-order valence-corrected chi connectivity index (χ4v) is 4.17. The van der Waals surface area contributed by atoms with Crippen LogP contribution in [0.5, 0.6) is 0 Å². The first-order valence-corrected chi connectivity index (χ1v) is 9.17. The summed E-state index contributed by atoms with van der Waals surface area (Å²) in [4.78, 5) is 13.6. The fourth-order valence-electron chi connectivity index (χ4n) is 3.94. The van der Waals surface area contributed by atoms with Crippen LogP contribution in [0, 0.1) is 22.7 Å². The van der Waals surface area contributed by atoms with Crippen molar-refractivity contribution in [3.8, 4) is 6.07 Å². The van der Waals surface area contributed by atoms with Gasteiger partial charge in [0.2, 0.25) is 5.91 Å². The molecule has 0 spiro atoms. The lowest BCUT2D eigenvalue weighted by atomic mass is 9.68. The number of aromatic nitrogens is 2. The summed E-state index contributed by atoms with van der Waals surface area (Å²) in [6.07, 6.45) is 2.54. The lowest BCUT2D eigenvalue weighted by molar-refractivity contribution is -0.132. The summed E-state index contributed by atoms with van der Waals surface area (Å²) in [7, 11) is 0. The highest BCUT2D eigenvalue weighted by Crippen LogP contribution is 2.46. The van der Waals surface area contributed by atoms with Crippen molar-refractivity contribution in [2.45, 2.75) is 39.2 Å². The smallest absolute Gasteiger partial charge is 0.236 e. The molecule has 1 atom stereocenters. The second kappa shape index (κ2) is 7.26. The second-order valence-corrected chi connectivity index (χ2v) is 7.98. The van der Waals surface area contributed by atoms with Crippen LogP contribution in [-0.4, -0.2) is 39.2 Å². The van der Waals surface area contributed by atoms with E-state index >= 15 is 0 Å². The Morgan fingerprint density at radius 1 is 1.50 bits per heavy atom. The molecule has 1 saturated heterocycles. The van der Waals surface area contributed by atoms with Crippen molar-refractivity contribution in [2.75, 3.05) is 13.1 Å². The molecule has 0 bridgehead atoms. The SMILES string of the molecule is CC(C)(C1CCN(C(=O)CC#N)CC1)C(O)c1cc(Cl)cc2[nH]ncc12. The van der Waals surface area contributed by atoms with Crippen LogP contribution in [0.2, 0.25) is 5.02 Å². The number of nitriles is 1.